The monoisotopic (exact) mass is 345 g/mol. The summed E-state index contributed by atoms with van der Waals surface area (Å²) in [6.45, 7) is 0. The summed E-state index contributed by atoms with van der Waals surface area (Å²) >= 11 is 6.33. The van der Waals surface area contributed by atoms with Crippen molar-refractivity contribution in [2.24, 2.45) is 0 Å². The van der Waals surface area contributed by atoms with Crippen molar-refractivity contribution in [3.63, 3.8) is 0 Å². The first kappa shape index (κ1) is 13.2. The molecule has 1 N–H and O–H groups in total. The zero-order valence-electron chi connectivity index (χ0n) is 9.21. The van der Waals surface area contributed by atoms with Gasteiger partial charge in [-0.15, -0.1) is 5.10 Å². The standard InChI is InChI=1S/C10H7N3O2S2.BrH/c1-14-7-4-2-6(3-5-7)8-11-13-10(15-8)17-9(16)12-13;/h2-5H,1H3;1H. The molecule has 3 aromatic rings. The van der Waals surface area contributed by atoms with Crippen LogP contribution in [0.3, 0.4) is 0 Å². The van der Waals surface area contributed by atoms with Gasteiger partial charge >= 0.3 is 10.9 Å². The third-order valence-corrected chi connectivity index (χ3v) is 3.31. The highest BCUT2D eigenvalue weighted by Crippen LogP contribution is 2.21. The lowest BCUT2D eigenvalue weighted by molar-refractivity contribution is -0.638. The van der Waals surface area contributed by atoms with Crippen molar-refractivity contribution in [1.82, 2.24) is 10.2 Å². The van der Waals surface area contributed by atoms with E-state index in [4.69, 9.17) is 21.4 Å². The van der Waals surface area contributed by atoms with Crippen LogP contribution >= 0.6 is 23.6 Å². The Kier molecular flexibility index (Phi) is 3.79. The summed E-state index contributed by atoms with van der Waals surface area (Å²) < 4.78 is 12.8. The Bertz CT molecular complexity index is 682. The number of halogens is 1. The van der Waals surface area contributed by atoms with Gasteiger partial charge in [-0.25, -0.2) is 0 Å². The van der Waals surface area contributed by atoms with Gasteiger partial charge in [0.15, 0.2) is 0 Å². The molecule has 0 saturated carbocycles. The molecule has 0 bridgehead atoms. The van der Waals surface area contributed by atoms with Crippen LogP contribution in [0, 0.1) is 3.95 Å². The first-order valence-corrected chi connectivity index (χ1v) is 6.05. The second-order valence-corrected chi connectivity index (χ2v) is 4.94. The fourth-order valence-corrected chi connectivity index (χ4v) is 2.34. The maximum Gasteiger partial charge on any atom is 0.496 e. The van der Waals surface area contributed by atoms with E-state index >= 15 is 0 Å². The van der Waals surface area contributed by atoms with Crippen LogP contribution in [0.25, 0.3) is 16.5 Å². The maximum atomic E-state index is 5.58. The fraction of sp³-hybridized carbons (Fsp3) is 0.100. The second kappa shape index (κ2) is 5.17. The predicted octanol–water partition coefficient (Wildman–Crippen LogP) is -0.788. The average Bonchev–Trinajstić information content (AvgIpc) is 2.86. The number of rotatable bonds is 2. The number of aromatic amines is 1. The summed E-state index contributed by atoms with van der Waals surface area (Å²) in [7, 11) is 1.63. The van der Waals surface area contributed by atoms with Crippen molar-refractivity contribution in [3.8, 4) is 17.2 Å². The van der Waals surface area contributed by atoms with Crippen LogP contribution in [0.1, 0.15) is 0 Å². The first-order chi connectivity index (χ1) is 8.26. The summed E-state index contributed by atoms with van der Waals surface area (Å²) in [5.74, 6) is 1.35. The zero-order chi connectivity index (χ0) is 11.8. The quantitative estimate of drug-likeness (QED) is 0.488. The molecule has 8 heteroatoms. The van der Waals surface area contributed by atoms with E-state index in [0.717, 1.165) is 11.3 Å². The van der Waals surface area contributed by atoms with Crippen molar-refractivity contribution in [2.45, 2.75) is 0 Å². The van der Waals surface area contributed by atoms with Crippen molar-refractivity contribution in [1.29, 1.82) is 0 Å². The van der Waals surface area contributed by atoms with Crippen molar-refractivity contribution in [2.75, 3.05) is 7.11 Å². The van der Waals surface area contributed by atoms with Gasteiger partial charge in [-0.05, 0) is 36.5 Å². The van der Waals surface area contributed by atoms with E-state index in [1.165, 1.54) is 16.0 Å². The summed E-state index contributed by atoms with van der Waals surface area (Å²) in [5.41, 5.74) is 0.890. The maximum absolute atomic E-state index is 5.58. The lowest BCUT2D eigenvalue weighted by Gasteiger charge is -1.97. The number of H-pyrrole nitrogens is 1. The van der Waals surface area contributed by atoms with E-state index in [1.807, 2.05) is 24.3 Å². The van der Waals surface area contributed by atoms with Crippen molar-refractivity contribution in [3.05, 3.63) is 28.2 Å². The Labute approximate surface area is 122 Å². The molecule has 0 amide bonds. The molecule has 0 aliphatic carbocycles. The molecule has 1 aromatic carbocycles. The van der Waals surface area contributed by atoms with Gasteiger partial charge in [0.1, 0.15) is 5.75 Å². The highest BCUT2D eigenvalue weighted by Gasteiger charge is 2.18. The molecule has 0 fully saturated rings. The number of nitrogens with zero attached hydrogens (tertiary/aromatic N) is 2. The highest BCUT2D eigenvalue weighted by atomic mass is 79.9. The van der Waals surface area contributed by atoms with Gasteiger partial charge in [0, 0.05) is 16.9 Å². The number of benzene rings is 1. The van der Waals surface area contributed by atoms with Gasteiger partial charge in [0.2, 0.25) is 3.95 Å². The van der Waals surface area contributed by atoms with E-state index in [-0.39, 0.29) is 17.0 Å². The SMILES string of the molecule is COc1ccc(-c2n[n+]3[nH]c(=S)sc3o2)cc1.[Br-]. The first-order valence-electron chi connectivity index (χ1n) is 4.83. The molecular formula is C10H8BrN3O2S2. The Hall–Kier alpha value is -1.25. The largest absolute Gasteiger partial charge is 1.00 e. The number of fused-ring (bicyclic) bond motifs is 1. The van der Waals surface area contributed by atoms with E-state index in [2.05, 4.69) is 10.2 Å². The van der Waals surface area contributed by atoms with Crippen LogP contribution in [0.15, 0.2) is 28.7 Å². The molecule has 0 aliphatic heterocycles. The summed E-state index contributed by atoms with van der Waals surface area (Å²) in [5, 5.41) is 7.79. The molecule has 5 nitrogen and oxygen atoms in total. The van der Waals surface area contributed by atoms with Crippen molar-refractivity contribution < 1.29 is 30.8 Å². The molecule has 0 atom stereocenters. The number of hydrogen-bond donors (Lipinski definition) is 1. The predicted molar refractivity (Wildman–Crippen MR) is 64.7 cm³/mol. The average molecular weight is 346 g/mol. The summed E-state index contributed by atoms with van der Waals surface area (Å²) in [6, 6.07) is 7.51. The molecule has 94 valence electrons. The molecule has 0 spiro atoms. The van der Waals surface area contributed by atoms with Gasteiger partial charge in [-0.3, -0.25) is 0 Å². The van der Waals surface area contributed by atoms with Crippen LogP contribution in [-0.2, 0) is 0 Å². The van der Waals surface area contributed by atoms with Crippen LogP contribution in [-0.4, -0.2) is 17.3 Å². The minimum atomic E-state index is 0. The van der Waals surface area contributed by atoms with E-state index in [0.29, 0.717) is 14.9 Å². The Morgan fingerprint density at radius 3 is 2.72 bits per heavy atom. The molecule has 0 radical (unpaired) electrons. The third-order valence-electron chi connectivity index (χ3n) is 2.26. The van der Waals surface area contributed by atoms with Crippen LogP contribution in [0.4, 0.5) is 0 Å². The summed E-state index contributed by atoms with van der Waals surface area (Å²) in [4.78, 5) is 0. The number of aromatic nitrogens is 3. The van der Waals surface area contributed by atoms with E-state index in [9.17, 15) is 0 Å². The Morgan fingerprint density at radius 1 is 1.39 bits per heavy atom. The van der Waals surface area contributed by atoms with Crippen LogP contribution in [0.5, 0.6) is 5.75 Å². The third kappa shape index (κ3) is 2.31. The van der Waals surface area contributed by atoms with Gasteiger partial charge in [-0.2, -0.15) is 0 Å². The van der Waals surface area contributed by atoms with Gasteiger partial charge in [0.05, 0.1) is 16.8 Å². The fourth-order valence-electron chi connectivity index (χ4n) is 1.45. The zero-order valence-corrected chi connectivity index (χ0v) is 12.4. The second-order valence-electron chi connectivity index (χ2n) is 3.31. The Balaban J connectivity index is 0.00000120. The molecule has 0 aliphatic rings. The lowest BCUT2D eigenvalue weighted by Crippen LogP contribution is -3.00. The minimum Gasteiger partial charge on any atom is -1.00 e. The Morgan fingerprint density at radius 2 is 2.11 bits per heavy atom. The number of hydrogen-bond acceptors (Lipinski definition) is 5. The number of ether oxygens (including phenoxy) is 1. The molecule has 2 aromatic heterocycles. The summed E-state index contributed by atoms with van der Waals surface area (Å²) in [6.07, 6.45) is 0. The highest BCUT2D eigenvalue weighted by molar-refractivity contribution is 7.73. The molecule has 0 saturated heterocycles. The van der Waals surface area contributed by atoms with Gasteiger partial charge in [0.25, 0.3) is 0 Å². The van der Waals surface area contributed by atoms with Crippen molar-refractivity contribution >= 4 is 28.6 Å². The number of methoxy groups -OCH3 is 1. The van der Waals surface area contributed by atoms with Crippen LogP contribution in [0.2, 0.25) is 0 Å². The van der Waals surface area contributed by atoms with E-state index in [1.54, 1.807) is 7.11 Å². The normalized spacial score (nSPS) is 10.3. The van der Waals surface area contributed by atoms with Gasteiger partial charge in [-0.1, -0.05) is 0 Å². The molecule has 18 heavy (non-hydrogen) atoms. The molecule has 2 heterocycles. The van der Waals surface area contributed by atoms with Crippen LogP contribution < -0.4 is 26.3 Å². The van der Waals surface area contributed by atoms with E-state index < -0.39 is 0 Å². The number of nitrogens with one attached hydrogen (secondary N) is 1. The minimum absolute atomic E-state index is 0. The molecule has 3 rings (SSSR count). The smallest absolute Gasteiger partial charge is 0.496 e. The van der Waals surface area contributed by atoms with Gasteiger partial charge < -0.3 is 26.1 Å². The molecular weight excluding hydrogens is 338 g/mol. The lowest BCUT2D eigenvalue weighted by atomic mass is 10.2. The topological polar surface area (TPSA) is 55.1 Å². The molecule has 0 unspecified atom stereocenters.